The summed E-state index contributed by atoms with van der Waals surface area (Å²) in [5, 5.41) is 0. The second kappa shape index (κ2) is 11.9. The van der Waals surface area contributed by atoms with Gasteiger partial charge in [0.05, 0.1) is 11.0 Å². The first kappa shape index (κ1) is 34.1. The second-order valence-corrected chi connectivity index (χ2v) is 8.36. The van der Waals surface area contributed by atoms with Crippen molar-refractivity contribution >= 4 is 12.6 Å². The molecule has 0 heterocycles. The Balaban J connectivity index is 2.21. The van der Waals surface area contributed by atoms with Crippen LogP contribution in [0.4, 0.5) is 83.4 Å². The third-order valence-corrected chi connectivity index (χ3v) is 5.79. The summed E-state index contributed by atoms with van der Waals surface area (Å²) >= 11 is 0. The van der Waals surface area contributed by atoms with E-state index in [0.717, 1.165) is 0 Å². The van der Waals surface area contributed by atoms with Gasteiger partial charge in [-0.15, -0.1) is 0 Å². The van der Waals surface area contributed by atoms with Crippen LogP contribution in [-0.2, 0) is 0 Å². The van der Waals surface area contributed by atoms with E-state index in [1.165, 1.54) is 0 Å². The molecule has 4 aromatic rings. The molecule has 244 valence electrons. The van der Waals surface area contributed by atoms with Crippen molar-refractivity contribution in [3.63, 3.8) is 0 Å². The SMILES string of the molecule is Fc1c(F)c(F)c(OB(Oc2c(F)c(F)c(F)c(F)c2F)c2c(F)c(F)c(F)c(F)c2-c2c(F)c(F)c(F)c(F)c2F)c(F)c1F. The molecule has 2 nitrogen and oxygen atoms in total. The van der Waals surface area contributed by atoms with Crippen LogP contribution < -0.4 is 14.8 Å². The lowest BCUT2D eigenvalue weighted by Gasteiger charge is -2.23. The molecule has 22 heteroatoms. The van der Waals surface area contributed by atoms with E-state index in [0.29, 0.717) is 0 Å². The maximum atomic E-state index is 15.2. The van der Waals surface area contributed by atoms with Crippen molar-refractivity contribution in [3.8, 4) is 22.6 Å². The lowest BCUT2D eigenvalue weighted by molar-refractivity contribution is 0.315. The molecule has 0 N–H and O–H groups in total. The Kier molecular flexibility index (Phi) is 8.79. The molecule has 0 atom stereocenters. The third kappa shape index (κ3) is 4.98. The van der Waals surface area contributed by atoms with Gasteiger partial charge in [-0.25, -0.2) is 65.9 Å². The lowest BCUT2D eigenvalue weighted by Crippen LogP contribution is -2.48. The van der Waals surface area contributed by atoms with E-state index in [1.807, 2.05) is 0 Å². The van der Waals surface area contributed by atoms with Gasteiger partial charge in [0.2, 0.25) is 64.0 Å². The number of benzene rings is 4. The van der Waals surface area contributed by atoms with Gasteiger partial charge in [0, 0.05) is 5.56 Å². The molecule has 0 radical (unpaired) electrons. The van der Waals surface area contributed by atoms with Crippen LogP contribution in [0.15, 0.2) is 0 Å². The van der Waals surface area contributed by atoms with Crippen molar-refractivity contribution < 1.29 is 92.7 Å². The largest absolute Gasteiger partial charge is 0.636 e. The smallest absolute Gasteiger partial charge is 0.517 e. The Morgan fingerprint density at radius 3 is 0.761 bits per heavy atom. The van der Waals surface area contributed by atoms with Crippen molar-refractivity contribution in [1.29, 1.82) is 0 Å². The number of rotatable bonds is 6. The maximum Gasteiger partial charge on any atom is 0.636 e. The summed E-state index contributed by atoms with van der Waals surface area (Å²) in [4.78, 5) is 0. The highest BCUT2D eigenvalue weighted by Gasteiger charge is 2.45. The van der Waals surface area contributed by atoms with E-state index in [2.05, 4.69) is 9.31 Å². The summed E-state index contributed by atoms with van der Waals surface area (Å²) < 4.78 is 278. The first-order chi connectivity index (χ1) is 21.3. The fourth-order valence-corrected chi connectivity index (χ4v) is 3.67. The average molecular weight is 692 g/mol. The van der Waals surface area contributed by atoms with Crippen LogP contribution in [0.2, 0.25) is 0 Å². The summed E-state index contributed by atoms with van der Waals surface area (Å²) in [6, 6.07) is 0. The molecule has 0 aliphatic heterocycles. The molecule has 0 saturated heterocycles. The zero-order valence-electron chi connectivity index (χ0n) is 20.6. The van der Waals surface area contributed by atoms with Crippen LogP contribution in [-0.4, -0.2) is 7.12 Å². The molecular formula is C24BF19O2. The molecule has 0 aliphatic rings. The van der Waals surface area contributed by atoms with Crippen LogP contribution in [0.3, 0.4) is 0 Å². The van der Waals surface area contributed by atoms with E-state index in [1.54, 1.807) is 0 Å². The highest BCUT2D eigenvalue weighted by Crippen LogP contribution is 2.37. The Labute approximate surface area is 239 Å². The Bertz CT molecular complexity index is 1810. The van der Waals surface area contributed by atoms with Gasteiger partial charge in [-0.2, -0.15) is 17.6 Å². The average Bonchev–Trinajstić information content (AvgIpc) is 3.03. The van der Waals surface area contributed by atoms with Gasteiger partial charge in [0.25, 0.3) is 0 Å². The molecule has 0 unspecified atom stereocenters. The molecule has 0 aliphatic carbocycles. The first-order valence-corrected chi connectivity index (χ1v) is 11.0. The highest BCUT2D eigenvalue weighted by atomic mass is 19.2. The minimum atomic E-state index is -4.23. The van der Waals surface area contributed by atoms with Crippen molar-refractivity contribution in [1.82, 2.24) is 0 Å². The number of hydrogen-bond donors (Lipinski definition) is 0. The quantitative estimate of drug-likeness (QED) is 0.0888. The fourth-order valence-electron chi connectivity index (χ4n) is 3.67. The van der Waals surface area contributed by atoms with Gasteiger partial charge >= 0.3 is 7.12 Å². The van der Waals surface area contributed by atoms with Crippen molar-refractivity contribution in [3.05, 3.63) is 111 Å². The molecule has 0 aromatic heterocycles. The molecule has 4 aromatic carbocycles. The zero-order valence-corrected chi connectivity index (χ0v) is 20.6. The molecule has 0 bridgehead atoms. The van der Waals surface area contributed by atoms with Crippen LogP contribution >= 0.6 is 0 Å². The molecule has 46 heavy (non-hydrogen) atoms. The molecule has 4 rings (SSSR count). The second-order valence-electron chi connectivity index (χ2n) is 8.36. The van der Waals surface area contributed by atoms with Crippen molar-refractivity contribution in [2.75, 3.05) is 0 Å². The first-order valence-electron chi connectivity index (χ1n) is 11.0. The standard InChI is InChI=1S/C24BF19O2/c26-4-1(2-5(27)9(31)12(34)10(32)6(2)28)3(7(29)11(33)8(4)30)25(45-23-19(41)15(37)13(35)16(38)20(23)42)46-24-21(43)17(39)14(36)18(40)22(24)44. The summed E-state index contributed by atoms with van der Waals surface area (Å²) in [7, 11) is -4.23. The topological polar surface area (TPSA) is 18.5 Å². The molecule has 0 fully saturated rings. The highest BCUT2D eigenvalue weighted by molar-refractivity contribution is 6.64. The predicted molar refractivity (Wildman–Crippen MR) is 111 cm³/mol. The molecule has 0 amide bonds. The van der Waals surface area contributed by atoms with Gasteiger partial charge in [-0.1, -0.05) is 0 Å². The van der Waals surface area contributed by atoms with E-state index < -0.39 is 146 Å². The minimum Gasteiger partial charge on any atom is -0.517 e. The Morgan fingerprint density at radius 2 is 0.457 bits per heavy atom. The summed E-state index contributed by atoms with van der Waals surface area (Å²) in [6.45, 7) is 0. The van der Waals surface area contributed by atoms with E-state index in [4.69, 9.17) is 0 Å². The molecular weight excluding hydrogens is 692 g/mol. The Morgan fingerprint density at radius 1 is 0.239 bits per heavy atom. The van der Waals surface area contributed by atoms with Crippen LogP contribution in [0.25, 0.3) is 11.1 Å². The normalized spacial score (nSPS) is 11.4. The number of hydrogen-bond acceptors (Lipinski definition) is 2. The van der Waals surface area contributed by atoms with Crippen LogP contribution in [0, 0.1) is 111 Å². The monoisotopic (exact) mass is 692 g/mol. The van der Waals surface area contributed by atoms with Gasteiger partial charge in [0.1, 0.15) is 0 Å². The van der Waals surface area contributed by atoms with E-state index in [9.17, 15) is 74.6 Å². The third-order valence-electron chi connectivity index (χ3n) is 5.79. The fraction of sp³-hybridized carbons (Fsp3) is 0. The van der Waals surface area contributed by atoms with Gasteiger partial charge in [-0.3, -0.25) is 0 Å². The summed E-state index contributed by atoms with van der Waals surface area (Å²) in [6.07, 6.45) is 0. The van der Waals surface area contributed by atoms with Crippen molar-refractivity contribution in [2.24, 2.45) is 0 Å². The predicted octanol–water partition coefficient (Wildman–Crippen LogP) is 7.85. The number of halogens is 19. The lowest BCUT2D eigenvalue weighted by atomic mass is 9.72. The van der Waals surface area contributed by atoms with Crippen LogP contribution in [0.1, 0.15) is 0 Å². The van der Waals surface area contributed by atoms with E-state index >= 15 is 8.78 Å². The Hall–Kier alpha value is -4.79. The summed E-state index contributed by atoms with van der Waals surface area (Å²) in [5.74, 6) is -64.6. The van der Waals surface area contributed by atoms with E-state index in [-0.39, 0.29) is 0 Å². The summed E-state index contributed by atoms with van der Waals surface area (Å²) in [5.41, 5.74) is -8.46. The van der Waals surface area contributed by atoms with Gasteiger partial charge < -0.3 is 9.31 Å². The molecule has 0 spiro atoms. The van der Waals surface area contributed by atoms with Crippen LogP contribution in [0.5, 0.6) is 11.5 Å². The maximum absolute atomic E-state index is 15.2. The molecule has 0 saturated carbocycles. The van der Waals surface area contributed by atoms with Crippen molar-refractivity contribution in [2.45, 2.75) is 0 Å². The minimum absolute atomic E-state index is 2.81. The zero-order chi connectivity index (χ0) is 34.8. The van der Waals surface area contributed by atoms with Gasteiger partial charge in [-0.05, 0) is 0 Å². The van der Waals surface area contributed by atoms with Gasteiger partial charge in [0.15, 0.2) is 58.0 Å².